The third-order valence-corrected chi connectivity index (χ3v) is 5.15. The van der Waals surface area contributed by atoms with Crippen molar-refractivity contribution in [3.63, 3.8) is 0 Å². The van der Waals surface area contributed by atoms with Crippen molar-refractivity contribution in [2.75, 3.05) is 6.61 Å². The van der Waals surface area contributed by atoms with Crippen LogP contribution in [0.4, 0.5) is 18.0 Å². The van der Waals surface area contributed by atoms with E-state index < -0.39 is 17.8 Å². The number of hydrogen-bond acceptors (Lipinski definition) is 2. The van der Waals surface area contributed by atoms with Crippen molar-refractivity contribution in [3.8, 4) is 0 Å². The van der Waals surface area contributed by atoms with E-state index in [1.54, 1.807) is 0 Å². The Morgan fingerprint density at radius 3 is 2.56 bits per heavy atom. The van der Waals surface area contributed by atoms with Crippen LogP contribution in [-0.2, 0) is 23.9 Å². The molecule has 0 aliphatic carbocycles. The molecule has 7 heteroatoms. The van der Waals surface area contributed by atoms with E-state index in [0.717, 1.165) is 17.7 Å². The lowest BCUT2D eigenvalue weighted by Crippen LogP contribution is -2.34. The lowest BCUT2D eigenvalue weighted by Gasteiger charge is -2.22. The van der Waals surface area contributed by atoms with Crippen LogP contribution < -0.4 is 0 Å². The highest BCUT2D eigenvalue weighted by Gasteiger charge is 2.35. The number of cyclic esters (lactones) is 1. The molecular weight excluding hydrogens is 446 g/mol. The van der Waals surface area contributed by atoms with Crippen molar-refractivity contribution >= 4 is 28.7 Å². The number of rotatable bonds is 4. The van der Waals surface area contributed by atoms with Gasteiger partial charge < -0.3 is 4.74 Å². The highest BCUT2D eigenvalue weighted by Crippen LogP contribution is 2.32. The number of benzene rings is 2. The normalized spacial score (nSPS) is 17.7. The van der Waals surface area contributed by atoms with Gasteiger partial charge in [0.25, 0.3) is 0 Å². The van der Waals surface area contributed by atoms with Crippen LogP contribution in [0.2, 0.25) is 0 Å². The summed E-state index contributed by atoms with van der Waals surface area (Å²) in [6.07, 6.45) is -4.30. The molecule has 1 amide bonds. The van der Waals surface area contributed by atoms with E-state index in [0.29, 0.717) is 15.6 Å². The number of carbonyl (C=O) groups excluding carboxylic acids is 1. The first kappa shape index (κ1) is 18.0. The molecule has 0 aromatic heterocycles. The number of halogens is 4. The number of nitrogens with zero attached hydrogens (tertiary/aromatic N) is 1. The van der Waals surface area contributed by atoms with Crippen LogP contribution >= 0.6 is 22.6 Å². The van der Waals surface area contributed by atoms with Gasteiger partial charge in [0.05, 0.1) is 18.2 Å². The molecule has 0 bridgehead atoms. The van der Waals surface area contributed by atoms with Crippen molar-refractivity contribution in [2.45, 2.75) is 25.2 Å². The fraction of sp³-hybridized carbons (Fsp3) is 0.278. The molecule has 132 valence electrons. The van der Waals surface area contributed by atoms with Gasteiger partial charge in [-0.3, -0.25) is 4.90 Å². The Labute approximate surface area is 156 Å². The second-order valence-electron chi connectivity index (χ2n) is 5.85. The summed E-state index contributed by atoms with van der Waals surface area (Å²) < 4.78 is 44.6. The Morgan fingerprint density at radius 2 is 1.88 bits per heavy atom. The maximum absolute atomic E-state index is 12.9. The van der Waals surface area contributed by atoms with Crippen LogP contribution in [0.3, 0.4) is 0 Å². The maximum Gasteiger partial charge on any atom is 0.416 e. The Bertz CT molecular complexity index is 765. The van der Waals surface area contributed by atoms with Crippen LogP contribution in [0.15, 0.2) is 48.5 Å². The third kappa shape index (κ3) is 4.26. The molecule has 1 fully saturated rings. The van der Waals surface area contributed by atoms with E-state index in [1.807, 2.05) is 52.9 Å². The quantitative estimate of drug-likeness (QED) is 0.609. The summed E-state index contributed by atoms with van der Waals surface area (Å²) in [7, 11) is 0. The fourth-order valence-corrected chi connectivity index (χ4v) is 3.30. The molecule has 3 rings (SSSR count). The zero-order valence-corrected chi connectivity index (χ0v) is 15.3. The molecule has 3 nitrogen and oxygen atoms in total. The number of alkyl halides is 3. The zero-order valence-electron chi connectivity index (χ0n) is 13.1. The first-order valence-corrected chi connectivity index (χ1v) is 8.75. The van der Waals surface area contributed by atoms with Gasteiger partial charge in [-0.2, -0.15) is 13.2 Å². The van der Waals surface area contributed by atoms with Crippen LogP contribution in [0, 0.1) is 3.57 Å². The average molecular weight is 461 g/mol. The largest absolute Gasteiger partial charge is 0.447 e. The van der Waals surface area contributed by atoms with Crippen LogP contribution in [0.1, 0.15) is 16.7 Å². The number of hydrogen-bond donors (Lipinski definition) is 0. The van der Waals surface area contributed by atoms with Gasteiger partial charge in [-0.15, -0.1) is 0 Å². The lowest BCUT2D eigenvalue weighted by molar-refractivity contribution is -0.137. The van der Waals surface area contributed by atoms with E-state index >= 15 is 0 Å². The van der Waals surface area contributed by atoms with Gasteiger partial charge in [-0.05, 0) is 58.3 Å². The van der Waals surface area contributed by atoms with Gasteiger partial charge in [0.15, 0.2) is 0 Å². The Balaban J connectivity index is 1.81. The van der Waals surface area contributed by atoms with E-state index in [1.165, 1.54) is 11.0 Å². The molecule has 1 aliphatic heterocycles. The minimum Gasteiger partial charge on any atom is -0.447 e. The Hall–Kier alpha value is -1.77. The van der Waals surface area contributed by atoms with E-state index in [-0.39, 0.29) is 19.2 Å². The monoisotopic (exact) mass is 461 g/mol. The fourth-order valence-electron chi connectivity index (χ4n) is 2.79. The SMILES string of the molecule is O=C1OC[C@H](Cc2ccccc2)N1Cc1cc(C(F)(F)F)ccc1I. The Morgan fingerprint density at radius 1 is 1.16 bits per heavy atom. The van der Waals surface area contributed by atoms with E-state index in [4.69, 9.17) is 4.74 Å². The zero-order chi connectivity index (χ0) is 18.0. The summed E-state index contributed by atoms with van der Waals surface area (Å²) >= 11 is 1.98. The molecule has 1 heterocycles. The van der Waals surface area contributed by atoms with Crippen LogP contribution in [0.5, 0.6) is 0 Å². The molecule has 2 aromatic carbocycles. The van der Waals surface area contributed by atoms with E-state index in [2.05, 4.69) is 0 Å². The predicted octanol–water partition coefficient (Wildman–Crippen LogP) is 4.87. The number of ether oxygens (including phenoxy) is 1. The first-order valence-electron chi connectivity index (χ1n) is 7.67. The average Bonchev–Trinajstić information content (AvgIpc) is 2.90. The van der Waals surface area contributed by atoms with Crippen molar-refractivity contribution in [2.24, 2.45) is 0 Å². The van der Waals surface area contributed by atoms with Gasteiger partial charge in [-0.25, -0.2) is 4.79 Å². The molecule has 0 radical (unpaired) electrons. The molecule has 0 saturated carbocycles. The summed E-state index contributed by atoms with van der Waals surface area (Å²) in [4.78, 5) is 13.6. The molecule has 2 aromatic rings. The van der Waals surface area contributed by atoms with Gasteiger partial charge in [0.1, 0.15) is 6.61 Å². The smallest absolute Gasteiger partial charge is 0.416 e. The van der Waals surface area contributed by atoms with Gasteiger partial charge in [0, 0.05) is 3.57 Å². The summed E-state index contributed by atoms with van der Waals surface area (Å²) in [6, 6.07) is 13.0. The summed E-state index contributed by atoms with van der Waals surface area (Å²) in [5, 5.41) is 0. The second-order valence-corrected chi connectivity index (χ2v) is 7.01. The lowest BCUT2D eigenvalue weighted by atomic mass is 10.0. The molecule has 1 atom stereocenters. The van der Waals surface area contributed by atoms with E-state index in [9.17, 15) is 18.0 Å². The van der Waals surface area contributed by atoms with Crippen molar-refractivity contribution in [1.29, 1.82) is 0 Å². The summed E-state index contributed by atoms with van der Waals surface area (Å²) in [5.74, 6) is 0. The van der Waals surface area contributed by atoms with Crippen molar-refractivity contribution in [3.05, 3.63) is 68.8 Å². The summed E-state index contributed by atoms with van der Waals surface area (Å²) in [5.41, 5.74) is 0.803. The molecule has 25 heavy (non-hydrogen) atoms. The number of carbonyl (C=O) groups is 1. The number of amides is 1. The minimum atomic E-state index is -4.41. The van der Waals surface area contributed by atoms with Crippen LogP contribution in [-0.4, -0.2) is 23.6 Å². The molecule has 0 spiro atoms. The van der Waals surface area contributed by atoms with Crippen molar-refractivity contribution in [1.82, 2.24) is 4.90 Å². The van der Waals surface area contributed by atoms with Gasteiger partial charge in [-0.1, -0.05) is 30.3 Å². The molecular formula is C18H15F3INO2. The highest BCUT2D eigenvalue weighted by molar-refractivity contribution is 14.1. The standard InChI is InChI=1S/C18H15F3INO2/c19-18(20,21)14-6-7-16(22)13(9-14)10-23-15(11-25-17(23)24)8-12-4-2-1-3-5-12/h1-7,9,15H,8,10-11H2/t15-/m0/s1. The summed E-state index contributed by atoms with van der Waals surface area (Å²) in [6.45, 7) is 0.335. The van der Waals surface area contributed by atoms with Gasteiger partial charge >= 0.3 is 12.3 Å². The highest BCUT2D eigenvalue weighted by atomic mass is 127. The molecule has 1 aliphatic rings. The van der Waals surface area contributed by atoms with Gasteiger partial charge in [0.2, 0.25) is 0 Å². The van der Waals surface area contributed by atoms with Crippen molar-refractivity contribution < 1.29 is 22.7 Å². The minimum absolute atomic E-state index is 0.0958. The predicted molar refractivity (Wildman–Crippen MR) is 95.0 cm³/mol. The molecule has 0 unspecified atom stereocenters. The molecule has 1 saturated heterocycles. The topological polar surface area (TPSA) is 29.5 Å². The third-order valence-electron chi connectivity index (χ3n) is 4.10. The Kier molecular flexibility index (Phi) is 5.21. The van der Waals surface area contributed by atoms with Crippen LogP contribution in [0.25, 0.3) is 0 Å². The first-order chi connectivity index (χ1) is 11.8. The molecule has 0 N–H and O–H groups in total. The second kappa shape index (κ2) is 7.23. The maximum atomic E-state index is 12.9.